The van der Waals surface area contributed by atoms with Gasteiger partial charge in [0.2, 0.25) is 5.76 Å². The van der Waals surface area contributed by atoms with E-state index in [1.54, 1.807) is 18.1 Å². The number of benzene rings is 3. The molecule has 5 rings (SSSR count). The Labute approximate surface area is 185 Å². The molecule has 5 nitrogen and oxygen atoms in total. The van der Waals surface area contributed by atoms with Crippen LogP contribution in [-0.2, 0) is 6.54 Å². The molecule has 4 aromatic rings. The van der Waals surface area contributed by atoms with Crippen molar-refractivity contribution in [2.24, 2.45) is 0 Å². The standard InChI is InChI=1S/C27H23NO4/c1-16-4-7-18(8-5-16)15-28-24(19-9-11-20(31-3)12-10-19)23-25(29)21-14-17(2)6-13-22(21)32-26(23)27(28)30/h4-14,24H,15H2,1-3H3. The molecule has 3 aromatic carbocycles. The first kappa shape index (κ1) is 20.1. The van der Waals surface area contributed by atoms with E-state index in [4.69, 9.17) is 9.15 Å². The van der Waals surface area contributed by atoms with Gasteiger partial charge in [-0.3, -0.25) is 9.59 Å². The van der Waals surface area contributed by atoms with E-state index in [0.29, 0.717) is 28.8 Å². The number of fused-ring (bicyclic) bond motifs is 2. The third kappa shape index (κ3) is 3.26. The number of methoxy groups -OCH3 is 1. The van der Waals surface area contributed by atoms with Gasteiger partial charge < -0.3 is 14.1 Å². The zero-order valence-corrected chi connectivity index (χ0v) is 18.2. The van der Waals surface area contributed by atoms with Gasteiger partial charge in [-0.15, -0.1) is 0 Å². The van der Waals surface area contributed by atoms with E-state index < -0.39 is 6.04 Å². The lowest BCUT2D eigenvalue weighted by atomic mass is 9.97. The first-order valence-corrected chi connectivity index (χ1v) is 10.5. The van der Waals surface area contributed by atoms with E-state index in [-0.39, 0.29) is 17.1 Å². The Kier molecular flexibility index (Phi) is 4.82. The van der Waals surface area contributed by atoms with Crippen LogP contribution in [0.4, 0.5) is 0 Å². The van der Waals surface area contributed by atoms with Gasteiger partial charge in [0.25, 0.3) is 5.91 Å². The van der Waals surface area contributed by atoms with Crippen LogP contribution in [-0.4, -0.2) is 17.9 Å². The van der Waals surface area contributed by atoms with Crippen LogP contribution in [0.3, 0.4) is 0 Å². The second-order valence-corrected chi connectivity index (χ2v) is 8.27. The summed E-state index contributed by atoms with van der Waals surface area (Å²) in [5.41, 5.74) is 4.60. The number of hydrogen-bond acceptors (Lipinski definition) is 4. The summed E-state index contributed by atoms with van der Waals surface area (Å²) >= 11 is 0. The fourth-order valence-corrected chi connectivity index (χ4v) is 4.32. The molecule has 5 heteroatoms. The number of hydrogen-bond donors (Lipinski definition) is 0. The van der Waals surface area contributed by atoms with E-state index in [2.05, 4.69) is 0 Å². The van der Waals surface area contributed by atoms with Gasteiger partial charge in [-0.1, -0.05) is 53.6 Å². The Bertz CT molecular complexity index is 1380. The number of ether oxygens (including phenoxy) is 1. The minimum absolute atomic E-state index is 0.124. The molecule has 1 unspecified atom stereocenters. The molecule has 32 heavy (non-hydrogen) atoms. The fraction of sp³-hybridized carbons (Fsp3) is 0.185. The third-order valence-corrected chi connectivity index (χ3v) is 6.03. The normalized spacial score (nSPS) is 15.3. The topological polar surface area (TPSA) is 59.8 Å². The SMILES string of the molecule is COc1ccc(C2c3c(oc4ccc(C)cc4c3=O)C(=O)N2Cc2ccc(C)cc2)cc1. The number of carbonyl (C=O) groups excluding carboxylic acids is 1. The molecule has 1 aliphatic heterocycles. The van der Waals surface area contributed by atoms with Crippen molar-refractivity contribution in [2.45, 2.75) is 26.4 Å². The number of nitrogens with zero attached hydrogens (tertiary/aromatic N) is 1. The van der Waals surface area contributed by atoms with Gasteiger partial charge >= 0.3 is 0 Å². The highest BCUT2D eigenvalue weighted by atomic mass is 16.5. The molecular formula is C27H23NO4. The van der Waals surface area contributed by atoms with Crippen LogP contribution in [0, 0.1) is 13.8 Å². The second kappa shape index (κ2) is 7.68. The van der Waals surface area contributed by atoms with Gasteiger partial charge in [0, 0.05) is 6.54 Å². The fourth-order valence-electron chi connectivity index (χ4n) is 4.32. The van der Waals surface area contributed by atoms with Crippen LogP contribution in [0.5, 0.6) is 5.75 Å². The summed E-state index contributed by atoms with van der Waals surface area (Å²) in [6.45, 7) is 4.33. The van der Waals surface area contributed by atoms with Crippen LogP contribution >= 0.6 is 0 Å². The summed E-state index contributed by atoms with van der Waals surface area (Å²) in [4.78, 5) is 28.8. The van der Waals surface area contributed by atoms with Crippen molar-refractivity contribution in [3.8, 4) is 5.75 Å². The molecule has 160 valence electrons. The van der Waals surface area contributed by atoms with Crippen LogP contribution in [0.2, 0.25) is 0 Å². The van der Waals surface area contributed by atoms with E-state index >= 15 is 0 Å². The van der Waals surface area contributed by atoms with Crippen LogP contribution in [0.25, 0.3) is 11.0 Å². The van der Waals surface area contributed by atoms with E-state index in [1.165, 1.54) is 0 Å². The molecule has 0 saturated heterocycles. The Morgan fingerprint density at radius 1 is 0.906 bits per heavy atom. The average Bonchev–Trinajstić information content (AvgIpc) is 3.08. The summed E-state index contributed by atoms with van der Waals surface area (Å²) in [5.74, 6) is 0.560. The molecule has 0 spiro atoms. The first-order chi connectivity index (χ1) is 15.5. The van der Waals surface area contributed by atoms with Crippen LogP contribution in [0.15, 0.2) is 75.9 Å². The van der Waals surface area contributed by atoms with E-state index in [1.807, 2.05) is 74.5 Å². The molecule has 1 atom stereocenters. The Balaban J connectivity index is 1.70. The van der Waals surface area contributed by atoms with Crippen molar-refractivity contribution < 1.29 is 13.9 Å². The van der Waals surface area contributed by atoms with Crippen LogP contribution in [0.1, 0.15) is 44.4 Å². The summed E-state index contributed by atoms with van der Waals surface area (Å²) in [6, 6.07) is 20.4. The average molecular weight is 425 g/mol. The predicted molar refractivity (Wildman–Crippen MR) is 123 cm³/mol. The highest BCUT2D eigenvalue weighted by molar-refractivity contribution is 5.99. The molecule has 0 bridgehead atoms. The first-order valence-electron chi connectivity index (χ1n) is 10.5. The van der Waals surface area contributed by atoms with Crippen molar-refractivity contribution in [1.29, 1.82) is 0 Å². The maximum atomic E-state index is 13.6. The lowest BCUT2D eigenvalue weighted by molar-refractivity contribution is 0.0714. The predicted octanol–water partition coefficient (Wildman–Crippen LogP) is 5.16. The van der Waals surface area contributed by atoms with E-state index in [0.717, 1.165) is 22.3 Å². The maximum absolute atomic E-state index is 13.6. The molecule has 0 N–H and O–H groups in total. The minimum atomic E-state index is -0.536. The third-order valence-electron chi connectivity index (χ3n) is 6.03. The molecule has 1 aromatic heterocycles. The van der Waals surface area contributed by atoms with Crippen LogP contribution < -0.4 is 10.2 Å². The van der Waals surface area contributed by atoms with Crippen molar-refractivity contribution in [1.82, 2.24) is 4.90 Å². The molecule has 0 radical (unpaired) electrons. The van der Waals surface area contributed by atoms with Gasteiger partial charge in [-0.2, -0.15) is 0 Å². The molecular weight excluding hydrogens is 402 g/mol. The van der Waals surface area contributed by atoms with E-state index in [9.17, 15) is 9.59 Å². The smallest absolute Gasteiger partial charge is 0.291 e. The minimum Gasteiger partial charge on any atom is -0.497 e. The van der Waals surface area contributed by atoms with Gasteiger partial charge in [0.05, 0.1) is 24.1 Å². The van der Waals surface area contributed by atoms with Crippen molar-refractivity contribution in [3.63, 3.8) is 0 Å². The monoisotopic (exact) mass is 425 g/mol. The zero-order chi connectivity index (χ0) is 22.4. The summed E-state index contributed by atoms with van der Waals surface area (Å²) < 4.78 is 11.3. The molecule has 0 aliphatic carbocycles. The molecule has 1 amide bonds. The van der Waals surface area contributed by atoms with Gasteiger partial charge in [-0.25, -0.2) is 0 Å². The summed E-state index contributed by atoms with van der Waals surface area (Å²) in [5, 5.41) is 0.493. The molecule has 1 aliphatic rings. The number of aryl methyl sites for hydroxylation is 2. The van der Waals surface area contributed by atoms with Crippen molar-refractivity contribution >= 4 is 16.9 Å². The summed E-state index contributed by atoms with van der Waals surface area (Å²) in [6.07, 6.45) is 0. The van der Waals surface area contributed by atoms with Gasteiger partial charge in [0.1, 0.15) is 11.3 Å². The number of amides is 1. The summed E-state index contributed by atoms with van der Waals surface area (Å²) in [7, 11) is 1.61. The molecule has 0 fully saturated rings. The zero-order valence-electron chi connectivity index (χ0n) is 18.2. The molecule has 0 saturated carbocycles. The number of rotatable bonds is 4. The van der Waals surface area contributed by atoms with Crippen molar-refractivity contribution in [3.05, 3.63) is 111 Å². The Hall–Kier alpha value is -3.86. The largest absolute Gasteiger partial charge is 0.497 e. The second-order valence-electron chi connectivity index (χ2n) is 8.27. The Morgan fingerprint density at radius 3 is 2.28 bits per heavy atom. The lowest BCUT2D eigenvalue weighted by Gasteiger charge is -2.25. The maximum Gasteiger partial charge on any atom is 0.291 e. The Morgan fingerprint density at radius 2 is 1.59 bits per heavy atom. The number of carbonyl (C=O) groups is 1. The van der Waals surface area contributed by atoms with Gasteiger partial charge in [0.15, 0.2) is 5.43 Å². The highest BCUT2D eigenvalue weighted by Crippen LogP contribution is 2.39. The molecule has 2 heterocycles. The quantitative estimate of drug-likeness (QED) is 0.453. The lowest BCUT2D eigenvalue weighted by Crippen LogP contribution is -2.29. The highest BCUT2D eigenvalue weighted by Gasteiger charge is 2.42. The van der Waals surface area contributed by atoms with Gasteiger partial charge in [-0.05, 0) is 49.2 Å². The van der Waals surface area contributed by atoms with Crippen molar-refractivity contribution in [2.75, 3.05) is 7.11 Å².